The molecule has 0 fully saturated rings. The van der Waals surface area contributed by atoms with Crippen LogP contribution in [0.5, 0.6) is 5.75 Å². The van der Waals surface area contributed by atoms with Gasteiger partial charge in [0.2, 0.25) is 0 Å². The van der Waals surface area contributed by atoms with Crippen LogP contribution in [0.15, 0.2) is 23.2 Å². The first-order valence-corrected chi connectivity index (χ1v) is 7.87. The van der Waals surface area contributed by atoms with Gasteiger partial charge in [-0.2, -0.15) is 0 Å². The molecule has 0 amide bonds. The molecule has 0 aromatic heterocycles. The molecule has 0 spiro atoms. The average molecular weight is 306 g/mol. The van der Waals surface area contributed by atoms with E-state index in [1.165, 1.54) is 5.56 Å². The second kappa shape index (κ2) is 10.1. The van der Waals surface area contributed by atoms with E-state index in [2.05, 4.69) is 59.6 Å². The van der Waals surface area contributed by atoms with Gasteiger partial charge in [-0.3, -0.25) is 4.99 Å². The van der Waals surface area contributed by atoms with Gasteiger partial charge >= 0.3 is 0 Å². The van der Waals surface area contributed by atoms with Crippen LogP contribution in [0.1, 0.15) is 18.1 Å². The minimum atomic E-state index is 0.843. The molecule has 0 radical (unpaired) electrons. The van der Waals surface area contributed by atoms with Crippen molar-refractivity contribution in [1.29, 1.82) is 0 Å². The van der Waals surface area contributed by atoms with Crippen molar-refractivity contribution in [3.8, 4) is 5.75 Å². The van der Waals surface area contributed by atoms with Gasteiger partial charge in [0.15, 0.2) is 5.96 Å². The molecule has 0 atom stereocenters. The van der Waals surface area contributed by atoms with E-state index >= 15 is 0 Å². The lowest BCUT2D eigenvalue weighted by Gasteiger charge is -2.16. The zero-order valence-electron chi connectivity index (χ0n) is 14.6. The van der Waals surface area contributed by atoms with Gasteiger partial charge in [-0.15, -0.1) is 0 Å². The number of aryl methyl sites for hydroxylation is 1. The molecule has 1 aromatic carbocycles. The van der Waals surface area contributed by atoms with E-state index in [-0.39, 0.29) is 0 Å². The van der Waals surface area contributed by atoms with Crippen LogP contribution in [0.2, 0.25) is 0 Å². The van der Waals surface area contributed by atoms with Gasteiger partial charge < -0.3 is 20.3 Å². The monoisotopic (exact) mass is 306 g/mol. The van der Waals surface area contributed by atoms with Crippen LogP contribution in [-0.4, -0.2) is 58.2 Å². The van der Waals surface area contributed by atoms with Gasteiger partial charge in [0.1, 0.15) is 5.75 Å². The number of ether oxygens (including phenoxy) is 1. The normalized spacial score (nSPS) is 11.6. The van der Waals surface area contributed by atoms with Crippen LogP contribution in [-0.2, 0) is 6.42 Å². The van der Waals surface area contributed by atoms with Crippen LogP contribution in [0, 0.1) is 6.92 Å². The van der Waals surface area contributed by atoms with E-state index in [1.807, 2.05) is 0 Å². The van der Waals surface area contributed by atoms with Gasteiger partial charge in [-0.05, 0) is 44.1 Å². The lowest BCUT2D eigenvalue weighted by molar-refractivity contribution is 0.357. The number of guanidine groups is 1. The third kappa shape index (κ3) is 6.35. The Bertz CT molecular complexity index is 474. The van der Waals surface area contributed by atoms with Crippen molar-refractivity contribution in [2.75, 3.05) is 47.4 Å². The van der Waals surface area contributed by atoms with E-state index in [0.29, 0.717) is 0 Å². The third-order valence-corrected chi connectivity index (χ3v) is 3.73. The Kier molecular flexibility index (Phi) is 8.36. The number of aliphatic imine (C=N–C) groups is 1. The summed E-state index contributed by atoms with van der Waals surface area (Å²) >= 11 is 0. The van der Waals surface area contributed by atoms with E-state index in [4.69, 9.17) is 4.74 Å². The molecule has 5 heteroatoms. The maximum absolute atomic E-state index is 5.36. The van der Waals surface area contributed by atoms with E-state index in [0.717, 1.165) is 49.9 Å². The van der Waals surface area contributed by atoms with Crippen molar-refractivity contribution < 1.29 is 4.74 Å². The Morgan fingerprint density at radius 1 is 1.27 bits per heavy atom. The van der Waals surface area contributed by atoms with Crippen molar-refractivity contribution in [3.63, 3.8) is 0 Å². The molecule has 2 N–H and O–H groups in total. The van der Waals surface area contributed by atoms with E-state index in [9.17, 15) is 0 Å². The molecule has 0 aliphatic rings. The minimum Gasteiger partial charge on any atom is -0.496 e. The van der Waals surface area contributed by atoms with Crippen LogP contribution < -0.4 is 15.4 Å². The highest BCUT2D eigenvalue weighted by Crippen LogP contribution is 2.18. The molecular weight excluding hydrogens is 276 g/mol. The van der Waals surface area contributed by atoms with Crippen molar-refractivity contribution in [1.82, 2.24) is 15.5 Å². The largest absolute Gasteiger partial charge is 0.496 e. The molecule has 1 rings (SSSR count). The first-order valence-electron chi connectivity index (χ1n) is 7.87. The van der Waals surface area contributed by atoms with Gasteiger partial charge in [-0.25, -0.2) is 0 Å². The van der Waals surface area contributed by atoms with Crippen LogP contribution in [0.4, 0.5) is 0 Å². The Labute approximate surface area is 134 Å². The number of nitrogens with zero attached hydrogens (tertiary/aromatic N) is 2. The number of rotatable bonds is 8. The Morgan fingerprint density at radius 3 is 2.64 bits per heavy atom. The fourth-order valence-electron chi connectivity index (χ4n) is 2.09. The van der Waals surface area contributed by atoms with Crippen molar-refractivity contribution >= 4 is 5.96 Å². The molecule has 0 unspecified atom stereocenters. The lowest BCUT2D eigenvalue weighted by Crippen LogP contribution is -2.41. The van der Waals surface area contributed by atoms with Gasteiger partial charge in [0, 0.05) is 26.7 Å². The smallest absolute Gasteiger partial charge is 0.191 e. The molecule has 124 valence electrons. The van der Waals surface area contributed by atoms with Gasteiger partial charge in [0.05, 0.1) is 7.11 Å². The summed E-state index contributed by atoms with van der Waals surface area (Å²) in [5.74, 6) is 1.80. The molecule has 0 saturated carbocycles. The average Bonchev–Trinajstić information content (AvgIpc) is 2.54. The first kappa shape index (κ1) is 18.3. The summed E-state index contributed by atoms with van der Waals surface area (Å²) in [4.78, 5) is 6.50. The summed E-state index contributed by atoms with van der Waals surface area (Å²) in [6.45, 7) is 8.01. The molecule has 0 aliphatic heterocycles. The summed E-state index contributed by atoms with van der Waals surface area (Å²) in [5, 5.41) is 6.67. The number of likely N-dealkylation sites (N-methyl/N-ethyl adjacent to an activating group) is 1. The quantitative estimate of drug-likeness (QED) is 0.566. The molecule has 1 aromatic rings. The fourth-order valence-corrected chi connectivity index (χ4v) is 2.09. The number of hydrogen-bond donors (Lipinski definition) is 2. The molecule has 5 nitrogen and oxygen atoms in total. The van der Waals surface area contributed by atoms with Crippen LogP contribution >= 0.6 is 0 Å². The highest BCUT2D eigenvalue weighted by molar-refractivity contribution is 5.79. The summed E-state index contributed by atoms with van der Waals surface area (Å²) in [6, 6.07) is 6.34. The molecule has 0 aliphatic carbocycles. The number of benzene rings is 1. The molecule has 0 bridgehead atoms. The standard InChI is InChI=1S/C17H30N4O/c1-6-21(4)12-11-20-17(18-3)19-10-9-15-8-7-14(2)16(13-15)22-5/h7-8,13H,6,9-12H2,1-5H3,(H2,18,19,20). The zero-order chi connectivity index (χ0) is 16.4. The maximum atomic E-state index is 5.36. The third-order valence-electron chi connectivity index (χ3n) is 3.73. The molecular formula is C17H30N4O. The Hall–Kier alpha value is -1.75. The number of hydrogen-bond acceptors (Lipinski definition) is 3. The minimum absolute atomic E-state index is 0.843. The molecule has 0 saturated heterocycles. The van der Waals surface area contributed by atoms with Gasteiger partial charge in [0.25, 0.3) is 0 Å². The number of methoxy groups -OCH3 is 1. The summed E-state index contributed by atoms with van der Waals surface area (Å²) in [5.41, 5.74) is 2.42. The predicted octanol–water partition coefficient (Wildman–Crippen LogP) is 1.66. The molecule has 0 heterocycles. The Balaban J connectivity index is 2.35. The highest BCUT2D eigenvalue weighted by atomic mass is 16.5. The fraction of sp³-hybridized carbons (Fsp3) is 0.588. The highest BCUT2D eigenvalue weighted by Gasteiger charge is 2.02. The van der Waals surface area contributed by atoms with E-state index < -0.39 is 0 Å². The zero-order valence-corrected chi connectivity index (χ0v) is 14.6. The lowest BCUT2D eigenvalue weighted by atomic mass is 10.1. The first-order chi connectivity index (χ1) is 10.6. The van der Waals surface area contributed by atoms with Crippen molar-refractivity contribution in [3.05, 3.63) is 29.3 Å². The van der Waals surface area contributed by atoms with Crippen molar-refractivity contribution in [2.24, 2.45) is 4.99 Å². The summed E-state index contributed by atoms with van der Waals surface area (Å²) in [6.07, 6.45) is 0.937. The maximum Gasteiger partial charge on any atom is 0.191 e. The second-order valence-corrected chi connectivity index (χ2v) is 5.38. The van der Waals surface area contributed by atoms with E-state index in [1.54, 1.807) is 14.2 Å². The van der Waals surface area contributed by atoms with Crippen LogP contribution in [0.25, 0.3) is 0 Å². The summed E-state index contributed by atoms with van der Waals surface area (Å²) < 4.78 is 5.36. The second-order valence-electron chi connectivity index (χ2n) is 5.38. The molecule has 22 heavy (non-hydrogen) atoms. The predicted molar refractivity (Wildman–Crippen MR) is 94.0 cm³/mol. The summed E-state index contributed by atoms with van der Waals surface area (Å²) in [7, 11) is 5.62. The Morgan fingerprint density at radius 2 is 2.00 bits per heavy atom. The number of nitrogens with one attached hydrogen (secondary N) is 2. The van der Waals surface area contributed by atoms with Gasteiger partial charge in [-0.1, -0.05) is 19.1 Å². The SMILES string of the molecule is CCN(C)CCNC(=NC)NCCc1ccc(C)c(OC)c1. The van der Waals surface area contributed by atoms with Crippen molar-refractivity contribution in [2.45, 2.75) is 20.3 Å². The van der Waals surface area contributed by atoms with Crippen LogP contribution in [0.3, 0.4) is 0 Å². The topological polar surface area (TPSA) is 48.9 Å².